The summed E-state index contributed by atoms with van der Waals surface area (Å²) in [4.78, 5) is 2.66. The number of fused-ring (bicyclic) bond motifs is 1. The molecule has 3 heteroatoms. The fraction of sp³-hybridized carbons (Fsp3) is 0.786. The van der Waals surface area contributed by atoms with E-state index in [0.29, 0.717) is 0 Å². The Balaban J connectivity index is 1.67. The molecule has 0 amide bonds. The topological polar surface area (TPSA) is 21.1 Å². The van der Waals surface area contributed by atoms with E-state index >= 15 is 0 Å². The van der Waals surface area contributed by atoms with Gasteiger partial charge in [-0.05, 0) is 38.1 Å². The minimum atomic E-state index is 0.966. The summed E-state index contributed by atoms with van der Waals surface area (Å²) in [5, 5.41) is 4.40. The molecule has 3 nitrogen and oxygen atoms in total. The van der Waals surface area contributed by atoms with E-state index in [4.69, 9.17) is 0 Å². The van der Waals surface area contributed by atoms with Crippen molar-refractivity contribution in [1.29, 1.82) is 0 Å². The van der Waals surface area contributed by atoms with Crippen LogP contribution in [0, 0.1) is 5.92 Å². The minimum absolute atomic E-state index is 0.966. The van der Waals surface area contributed by atoms with E-state index in [1.165, 1.54) is 62.9 Å². The highest BCUT2D eigenvalue weighted by Crippen LogP contribution is 2.27. The van der Waals surface area contributed by atoms with Crippen LogP contribution in [0.15, 0.2) is 6.20 Å². The lowest BCUT2D eigenvalue weighted by Crippen LogP contribution is -2.28. The van der Waals surface area contributed by atoms with Crippen LogP contribution in [0.2, 0.25) is 0 Å². The Kier molecular flexibility index (Phi) is 3.19. The molecule has 1 fully saturated rings. The zero-order chi connectivity index (χ0) is 11.7. The van der Waals surface area contributed by atoms with Crippen LogP contribution >= 0.6 is 0 Å². The van der Waals surface area contributed by atoms with E-state index in [2.05, 4.69) is 27.9 Å². The minimum Gasteiger partial charge on any atom is -0.299 e. The van der Waals surface area contributed by atoms with Gasteiger partial charge in [0, 0.05) is 31.4 Å². The van der Waals surface area contributed by atoms with Gasteiger partial charge in [0.25, 0.3) is 0 Å². The van der Waals surface area contributed by atoms with Crippen molar-refractivity contribution >= 4 is 0 Å². The van der Waals surface area contributed by atoms with Crippen LogP contribution in [-0.2, 0) is 20.0 Å². The highest BCUT2D eigenvalue weighted by Gasteiger charge is 2.22. The summed E-state index contributed by atoms with van der Waals surface area (Å²) in [6.07, 6.45) is 10.4. The molecule has 0 unspecified atom stereocenters. The summed E-state index contributed by atoms with van der Waals surface area (Å²) < 4.78 is 2.06. The molecule has 0 spiro atoms. The summed E-state index contributed by atoms with van der Waals surface area (Å²) in [7, 11) is 2.07. The highest BCUT2D eigenvalue weighted by molar-refractivity contribution is 5.19. The summed E-state index contributed by atoms with van der Waals surface area (Å²) in [6, 6.07) is 0. The number of hydrogen-bond acceptors (Lipinski definition) is 2. The molecule has 0 bridgehead atoms. The lowest BCUT2D eigenvalue weighted by Gasteiger charge is -2.23. The fourth-order valence-corrected chi connectivity index (χ4v) is 3.47. The molecule has 0 saturated heterocycles. The maximum Gasteiger partial charge on any atom is 0.0537 e. The summed E-state index contributed by atoms with van der Waals surface area (Å²) in [5.74, 6) is 0.966. The quantitative estimate of drug-likeness (QED) is 0.782. The van der Waals surface area contributed by atoms with Crippen LogP contribution in [0.5, 0.6) is 0 Å². The van der Waals surface area contributed by atoms with Crippen LogP contribution < -0.4 is 0 Å². The second-order valence-electron chi connectivity index (χ2n) is 5.73. The van der Waals surface area contributed by atoms with E-state index in [-0.39, 0.29) is 0 Å². The smallest absolute Gasteiger partial charge is 0.0537 e. The van der Waals surface area contributed by atoms with Crippen molar-refractivity contribution in [3.05, 3.63) is 17.5 Å². The maximum absolute atomic E-state index is 4.40. The standard InChI is InChI=1S/C14H23N3/c1-16-14-7-4-8-17(11-13(14)9-15-16)10-12-5-2-3-6-12/h9,12H,2-8,10-11H2,1H3. The molecule has 1 saturated carbocycles. The number of nitrogens with zero attached hydrogens (tertiary/aromatic N) is 3. The van der Waals surface area contributed by atoms with Crippen molar-refractivity contribution in [3.63, 3.8) is 0 Å². The largest absolute Gasteiger partial charge is 0.299 e. The van der Waals surface area contributed by atoms with Crippen molar-refractivity contribution in [2.24, 2.45) is 13.0 Å². The maximum atomic E-state index is 4.40. The lowest BCUT2D eigenvalue weighted by atomic mass is 10.1. The normalized spacial score (nSPS) is 22.6. The van der Waals surface area contributed by atoms with Crippen molar-refractivity contribution in [2.75, 3.05) is 13.1 Å². The molecule has 1 aromatic rings. The number of aryl methyl sites for hydroxylation is 1. The Morgan fingerprint density at radius 3 is 2.94 bits per heavy atom. The van der Waals surface area contributed by atoms with Gasteiger partial charge in [0.15, 0.2) is 0 Å². The first-order valence-electron chi connectivity index (χ1n) is 7.05. The third-order valence-electron chi connectivity index (χ3n) is 4.42. The lowest BCUT2D eigenvalue weighted by molar-refractivity contribution is 0.227. The summed E-state index contributed by atoms with van der Waals surface area (Å²) >= 11 is 0. The van der Waals surface area contributed by atoms with Gasteiger partial charge >= 0.3 is 0 Å². The zero-order valence-corrected chi connectivity index (χ0v) is 10.9. The molecule has 1 aromatic heterocycles. The molecule has 1 aliphatic heterocycles. The Hall–Kier alpha value is -0.830. The SMILES string of the molecule is Cn1ncc2c1CCCN(CC1CCCC1)C2. The Morgan fingerprint density at radius 2 is 2.12 bits per heavy atom. The van der Waals surface area contributed by atoms with Crippen LogP contribution in [0.4, 0.5) is 0 Å². The van der Waals surface area contributed by atoms with E-state index in [1.807, 2.05) is 0 Å². The Morgan fingerprint density at radius 1 is 1.29 bits per heavy atom. The molecule has 0 N–H and O–H groups in total. The first-order chi connectivity index (χ1) is 8.33. The van der Waals surface area contributed by atoms with Crippen LogP contribution in [-0.4, -0.2) is 27.8 Å². The molecular formula is C14H23N3. The molecule has 0 atom stereocenters. The van der Waals surface area contributed by atoms with Crippen LogP contribution in [0.1, 0.15) is 43.4 Å². The molecule has 2 aliphatic rings. The second-order valence-corrected chi connectivity index (χ2v) is 5.73. The van der Waals surface area contributed by atoms with Gasteiger partial charge in [-0.15, -0.1) is 0 Å². The first-order valence-corrected chi connectivity index (χ1v) is 7.05. The Bertz CT molecular complexity index is 377. The van der Waals surface area contributed by atoms with Gasteiger partial charge in [0.2, 0.25) is 0 Å². The molecule has 0 radical (unpaired) electrons. The van der Waals surface area contributed by atoms with Crippen LogP contribution in [0.25, 0.3) is 0 Å². The van der Waals surface area contributed by atoms with Gasteiger partial charge in [0.05, 0.1) is 6.20 Å². The number of aromatic nitrogens is 2. The first kappa shape index (κ1) is 11.3. The number of rotatable bonds is 2. The number of hydrogen-bond donors (Lipinski definition) is 0. The van der Waals surface area contributed by atoms with Crippen molar-refractivity contribution in [2.45, 2.75) is 45.1 Å². The van der Waals surface area contributed by atoms with Crippen molar-refractivity contribution in [1.82, 2.24) is 14.7 Å². The summed E-state index contributed by atoms with van der Waals surface area (Å²) in [6.45, 7) is 3.71. The van der Waals surface area contributed by atoms with E-state index in [9.17, 15) is 0 Å². The van der Waals surface area contributed by atoms with Crippen LogP contribution in [0.3, 0.4) is 0 Å². The average Bonchev–Trinajstić information content (AvgIpc) is 2.87. The predicted molar refractivity (Wildman–Crippen MR) is 68.8 cm³/mol. The molecule has 3 rings (SSSR count). The highest BCUT2D eigenvalue weighted by atomic mass is 15.3. The third kappa shape index (κ3) is 2.39. The third-order valence-corrected chi connectivity index (χ3v) is 4.42. The monoisotopic (exact) mass is 233 g/mol. The molecular weight excluding hydrogens is 210 g/mol. The second kappa shape index (κ2) is 4.81. The van der Waals surface area contributed by atoms with Gasteiger partial charge < -0.3 is 0 Å². The van der Waals surface area contributed by atoms with Gasteiger partial charge in [0.1, 0.15) is 0 Å². The zero-order valence-electron chi connectivity index (χ0n) is 10.9. The van der Waals surface area contributed by atoms with Crippen molar-refractivity contribution < 1.29 is 0 Å². The van der Waals surface area contributed by atoms with Gasteiger partial charge in [-0.25, -0.2) is 0 Å². The molecule has 0 aromatic carbocycles. The van der Waals surface area contributed by atoms with Crippen molar-refractivity contribution in [3.8, 4) is 0 Å². The summed E-state index contributed by atoms with van der Waals surface area (Å²) in [5.41, 5.74) is 2.92. The van der Waals surface area contributed by atoms with Gasteiger partial charge in [-0.2, -0.15) is 5.10 Å². The van der Waals surface area contributed by atoms with E-state index < -0.39 is 0 Å². The van der Waals surface area contributed by atoms with Gasteiger partial charge in [-0.1, -0.05) is 12.8 Å². The van der Waals surface area contributed by atoms with Gasteiger partial charge in [-0.3, -0.25) is 9.58 Å². The van der Waals surface area contributed by atoms with E-state index in [0.717, 1.165) is 12.5 Å². The fourth-order valence-electron chi connectivity index (χ4n) is 3.47. The Labute approximate surface area is 104 Å². The predicted octanol–water partition coefficient (Wildman–Crippen LogP) is 2.36. The molecule has 2 heterocycles. The molecule has 1 aliphatic carbocycles. The molecule has 17 heavy (non-hydrogen) atoms. The molecule has 94 valence electrons. The van der Waals surface area contributed by atoms with E-state index in [1.54, 1.807) is 0 Å². The average molecular weight is 233 g/mol.